The minimum atomic E-state index is -0.773. The smallest absolute Gasteiger partial charge is 0.306 e. The number of primary amides is 1. The molecular weight excluding hydrogens is 428 g/mol. The molecule has 0 saturated carbocycles. The molecule has 184 valence electrons. The minimum Gasteiger partial charge on any atom is -0.463 e. The number of ketones is 1. The zero-order valence-electron chi connectivity index (χ0n) is 19.8. The van der Waals surface area contributed by atoms with Gasteiger partial charge in [-0.3, -0.25) is 19.2 Å². The number of allylic oxidation sites excluding steroid dienone is 1. The maximum atomic E-state index is 12.6. The normalized spacial score (nSPS) is 24.3. The minimum absolute atomic E-state index is 0.0244. The second kappa shape index (κ2) is 13.1. The van der Waals surface area contributed by atoms with E-state index in [9.17, 15) is 19.2 Å². The van der Waals surface area contributed by atoms with Crippen molar-refractivity contribution < 1.29 is 33.4 Å². The molecule has 2 aliphatic heterocycles. The molecule has 1 fully saturated rings. The highest BCUT2D eigenvalue weighted by Crippen LogP contribution is 2.37. The molecule has 1 amide bonds. The van der Waals surface area contributed by atoms with Gasteiger partial charge < -0.3 is 24.8 Å². The van der Waals surface area contributed by atoms with Crippen molar-refractivity contribution in [3.05, 3.63) is 24.0 Å². The summed E-state index contributed by atoms with van der Waals surface area (Å²) in [6.07, 6.45) is 6.32. The van der Waals surface area contributed by atoms with Crippen molar-refractivity contribution in [2.75, 3.05) is 6.61 Å². The van der Waals surface area contributed by atoms with E-state index in [1.165, 1.54) is 0 Å². The number of carbonyl (C=O) groups is 4. The van der Waals surface area contributed by atoms with Gasteiger partial charge in [0.15, 0.2) is 0 Å². The molecule has 0 unspecified atom stereocenters. The van der Waals surface area contributed by atoms with Gasteiger partial charge in [0, 0.05) is 43.7 Å². The molecular formula is C24H36N2O7. The third-order valence-electron chi connectivity index (χ3n) is 5.58. The van der Waals surface area contributed by atoms with E-state index in [1.807, 2.05) is 20.8 Å². The summed E-state index contributed by atoms with van der Waals surface area (Å²) in [5.74, 6) is -1.79. The lowest BCUT2D eigenvalue weighted by Gasteiger charge is -2.31. The molecule has 0 aromatic carbocycles. The van der Waals surface area contributed by atoms with E-state index in [-0.39, 0.29) is 37.6 Å². The predicted molar refractivity (Wildman–Crippen MR) is 120 cm³/mol. The Morgan fingerprint density at radius 1 is 1.06 bits per heavy atom. The third kappa shape index (κ3) is 7.70. The van der Waals surface area contributed by atoms with Gasteiger partial charge in [-0.25, -0.2) is 0 Å². The fourth-order valence-corrected chi connectivity index (χ4v) is 4.01. The number of hydrogen-bond acceptors (Lipinski definition) is 8. The molecule has 0 aliphatic carbocycles. The molecule has 9 nitrogen and oxygen atoms in total. The molecule has 0 aromatic heterocycles. The van der Waals surface area contributed by atoms with Gasteiger partial charge >= 0.3 is 11.9 Å². The SMILES string of the molecule is CCCC(=O)C[C@@H]1[C@H](OC(=O)CCC)[C@@H](COC(=O)CCC)O[C@H]1N1C=CCC(C(N)=O)=C1. The van der Waals surface area contributed by atoms with Crippen molar-refractivity contribution >= 4 is 23.6 Å². The Labute approximate surface area is 195 Å². The van der Waals surface area contributed by atoms with E-state index in [2.05, 4.69) is 0 Å². The van der Waals surface area contributed by atoms with Gasteiger partial charge in [-0.05, 0) is 25.7 Å². The van der Waals surface area contributed by atoms with Crippen LogP contribution in [0.25, 0.3) is 0 Å². The molecule has 2 aliphatic rings. The lowest BCUT2D eigenvalue weighted by atomic mass is 9.91. The molecule has 1 saturated heterocycles. The topological polar surface area (TPSA) is 125 Å². The van der Waals surface area contributed by atoms with Crippen LogP contribution in [-0.2, 0) is 33.4 Å². The number of carbonyl (C=O) groups excluding carboxylic acids is 4. The van der Waals surface area contributed by atoms with Crippen LogP contribution in [0.15, 0.2) is 24.0 Å². The Morgan fingerprint density at radius 3 is 2.36 bits per heavy atom. The lowest BCUT2D eigenvalue weighted by molar-refractivity contribution is -0.159. The second-order valence-corrected chi connectivity index (χ2v) is 8.41. The first-order chi connectivity index (χ1) is 15.8. The number of nitrogens with zero attached hydrogens (tertiary/aromatic N) is 1. The highest BCUT2D eigenvalue weighted by atomic mass is 16.6. The third-order valence-corrected chi connectivity index (χ3v) is 5.58. The average Bonchev–Trinajstić information content (AvgIpc) is 3.09. The zero-order chi connectivity index (χ0) is 24.4. The van der Waals surface area contributed by atoms with Crippen molar-refractivity contribution in [2.45, 2.75) is 90.6 Å². The molecule has 0 spiro atoms. The summed E-state index contributed by atoms with van der Waals surface area (Å²) in [7, 11) is 0. The molecule has 2 N–H and O–H groups in total. The van der Waals surface area contributed by atoms with E-state index in [0.717, 1.165) is 0 Å². The van der Waals surface area contributed by atoms with Gasteiger partial charge in [-0.15, -0.1) is 0 Å². The van der Waals surface area contributed by atoms with Gasteiger partial charge in [0.25, 0.3) is 0 Å². The summed E-state index contributed by atoms with van der Waals surface area (Å²) in [5, 5.41) is 0. The number of ether oxygens (including phenoxy) is 3. The largest absolute Gasteiger partial charge is 0.463 e. The number of nitrogens with two attached hydrogens (primary N) is 1. The lowest BCUT2D eigenvalue weighted by Crippen LogP contribution is -2.39. The first kappa shape index (κ1) is 26.6. The number of esters is 2. The van der Waals surface area contributed by atoms with E-state index in [0.29, 0.717) is 37.7 Å². The van der Waals surface area contributed by atoms with Gasteiger partial charge in [0.2, 0.25) is 5.91 Å². The molecule has 9 heteroatoms. The fraction of sp³-hybridized carbons (Fsp3) is 0.667. The highest BCUT2D eigenvalue weighted by molar-refractivity contribution is 5.92. The van der Waals surface area contributed by atoms with Crippen molar-refractivity contribution in [3.8, 4) is 0 Å². The zero-order valence-corrected chi connectivity index (χ0v) is 19.8. The maximum Gasteiger partial charge on any atom is 0.306 e. The van der Waals surface area contributed by atoms with Crippen LogP contribution in [0.2, 0.25) is 0 Å². The maximum absolute atomic E-state index is 12.6. The van der Waals surface area contributed by atoms with Crippen LogP contribution < -0.4 is 5.73 Å². The van der Waals surface area contributed by atoms with Gasteiger partial charge in [-0.2, -0.15) is 0 Å². The Hall–Kier alpha value is -2.68. The molecule has 0 radical (unpaired) electrons. The van der Waals surface area contributed by atoms with E-state index >= 15 is 0 Å². The van der Waals surface area contributed by atoms with E-state index < -0.39 is 36.2 Å². The summed E-state index contributed by atoms with van der Waals surface area (Å²) in [5.41, 5.74) is 5.86. The first-order valence-electron chi connectivity index (χ1n) is 11.8. The van der Waals surface area contributed by atoms with Crippen LogP contribution in [0, 0.1) is 5.92 Å². The molecule has 0 bridgehead atoms. The second-order valence-electron chi connectivity index (χ2n) is 8.41. The summed E-state index contributed by atoms with van der Waals surface area (Å²) >= 11 is 0. The van der Waals surface area contributed by atoms with Crippen LogP contribution in [0.4, 0.5) is 0 Å². The number of rotatable bonds is 13. The summed E-state index contributed by atoms with van der Waals surface area (Å²) < 4.78 is 17.4. The van der Waals surface area contributed by atoms with E-state index in [4.69, 9.17) is 19.9 Å². The van der Waals surface area contributed by atoms with Crippen LogP contribution >= 0.6 is 0 Å². The molecule has 0 aromatic rings. The van der Waals surface area contributed by atoms with Gasteiger partial charge in [0.1, 0.15) is 30.8 Å². The summed E-state index contributed by atoms with van der Waals surface area (Å²) in [4.78, 5) is 50.4. The van der Waals surface area contributed by atoms with Crippen molar-refractivity contribution in [2.24, 2.45) is 11.7 Å². The predicted octanol–water partition coefficient (Wildman–Crippen LogP) is 2.73. The first-order valence-corrected chi connectivity index (χ1v) is 11.8. The Morgan fingerprint density at radius 2 is 1.73 bits per heavy atom. The summed E-state index contributed by atoms with van der Waals surface area (Å²) in [6, 6.07) is 0. The Balaban J connectivity index is 2.33. The molecule has 2 heterocycles. The van der Waals surface area contributed by atoms with Crippen molar-refractivity contribution in [1.29, 1.82) is 0 Å². The Kier molecular flexibility index (Phi) is 10.6. The monoisotopic (exact) mass is 464 g/mol. The quantitative estimate of drug-likeness (QED) is 0.413. The van der Waals surface area contributed by atoms with Crippen molar-refractivity contribution in [1.82, 2.24) is 4.90 Å². The molecule has 2 rings (SSSR count). The Bertz CT molecular complexity index is 777. The van der Waals surface area contributed by atoms with Gasteiger partial charge in [-0.1, -0.05) is 26.8 Å². The molecule has 4 atom stereocenters. The average molecular weight is 465 g/mol. The van der Waals surface area contributed by atoms with Crippen molar-refractivity contribution in [3.63, 3.8) is 0 Å². The van der Waals surface area contributed by atoms with Crippen LogP contribution in [0.3, 0.4) is 0 Å². The van der Waals surface area contributed by atoms with Crippen LogP contribution in [0.5, 0.6) is 0 Å². The number of amides is 1. The standard InChI is InChI=1S/C24H36N2O7/c1-4-8-17(27)13-18-22(33-21(29)10-6-3)19(15-31-20(28)9-5-2)32-24(18)26-12-7-11-16(14-26)23(25)30/h7,12,14,18-19,22,24H,4-6,8-11,13,15H2,1-3H3,(H2,25,30)/t18-,19-,22+,24-/m1/s1. The fourth-order valence-electron chi connectivity index (χ4n) is 4.01. The van der Waals surface area contributed by atoms with Crippen LogP contribution in [0.1, 0.15) is 72.1 Å². The molecule has 33 heavy (non-hydrogen) atoms. The van der Waals surface area contributed by atoms with E-state index in [1.54, 1.807) is 23.4 Å². The van der Waals surface area contributed by atoms with Gasteiger partial charge in [0.05, 0.1) is 5.92 Å². The number of Topliss-reactive ketones (excluding diaryl/α,β-unsaturated/α-hetero) is 1. The summed E-state index contributed by atoms with van der Waals surface area (Å²) in [6.45, 7) is 5.57. The number of hydrogen-bond donors (Lipinski definition) is 1. The highest BCUT2D eigenvalue weighted by Gasteiger charge is 2.50. The van der Waals surface area contributed by atoms with Crippen LogP contribution in [-0.4, -0.2) is 53.6 Å².